The van der Waals surface area contributed by atoms with Gasteiger partial charge in [0.2, 0.25) is 6.08 Å². The van der Waals surface area contributed by atoms with Gasteiger partial charge in [-0.15, -0.1) is 0 Å². The van der Waals surface area contributed by atoms with Crippen LogP contribution >= 0.6 is 0 Å². The molecule has 4 nitrogen and oxygen atoms in total. The van der Waals surface area contributed by atoms with Gasteiger partial charge in [-0.2, -0.15) is 9.59 Å². The first-order valence-electron chi connectivity index (χ1n) is 0.862. The van der Waals surface area contributed by atoms with Crippen molar-refractivity contribution in [3.63, 3.8) is 0 Å². The molecule has 32 valence electrons. The highest BCUT2D eigenvalue weighted by molar-refractivity contribution is 5.26. The molecule has 0 bridgehead atoms. The zero-order chi connectivity index (χ0) is 5.41. The first-order chi connectivity index (χ1) is 2.83. The molecule has 0 saturated heterocycles. The van der Waals surface area contributed by atoms with Crippen molar-refractivity contribution in [1.29, 1.82) is 5.41 Å². The molecule has 0 fully saturated rings. The van der Waals surface area contributed by atoms with E-state index in [1.54, 1.807) is 0 Å². The van der Waals surface area contributed by atoms with Crippen LogP contribution in [0.3, 0.4) is 0 Å². The Morgan fingerprint density at radius 2 is 1.17 bits per heavy atom. The standard InChI is InChI=1S/CHNO.CO2/c2*2-1-3/h2H;. The summed E-state index contributed by atoms with van der Waals surface area (Å²) in [5, 5.41) is 5.40. The van der Waals surface area contributed by atoms with Crippen molar-refractivity contribution < 1.29 is 14.4 Å². The Balaban J connectivity index is 0. The maximum atomic E-state index is 8.35. The lowest BCUT2D eigenvalue weighted by Gasteiger charge is -1.02. The van der Waals surface area contributed by atoms with Gasteiger partial charge in [-0.1, -0.05) is 0 Å². The number of hydrogen-bond acceptors (Lipinski definition) is 4. The number of hydrogen-bond donors (Lipinski definition) is 1. The number of rotatable bonds is 0. The second kappa shape index (κ2) is 49.6. The molecule has 0 unspecified atom stereocenters. The molecule has 0 aromatic carbocycles. The first kappa shape index (κ1) is 8.83. The van der Waals surface area contributed by atoms with E-state index in [1.165, 1.54) is 0 Å². The van der Waals surface area contributed by atoms with Gasteiger partial charge in [-0.3, -0.25) is 0 Å². The summed E-state index contributed by atoms with van der Waals surface area (Å²) >= 11 is 0. The van der Waals surface area contributed by atoms with E-state index in [9.17, 15) is 0 Å². The van der Waals surface area contributed by atoms with Crippen LogP contribution in [0.5, 0.6) is 0 Å². The molecule has 0 rings (SSSR count). The highest BCUT2D eigenvalue weighted by atomic mass is 16.2. The summed E-state index contributed by atoms with van der Waals surface area (Å²) in [7, 11) is 0. The van der Waals surface area contributed by atoms with Crippen molar-refractivity contribution in [2.24, 2.45) is 0 Å². The minimum Gasteiger partial charge on any atom is -0.222 e. The molecule has 1 N–H and O–H groups in total. The summed E-state index contributed by atoms with van der Waals surface area (Å²) in [5.74, 6) is 0. The Kier molecular flexibility index (Phi) is 73.0. The SMILES string of the molecule is N=C=O.O=C=O. The quantitative estimate of drug-likeness (QED) is 0.314. The number of isocyanates is 1. The van der Waals surface area contributed by atoms with Crippen molar-refractivity contribution in [3.05, 3.63) is 0 Å². The predicted octanol–water partition coefficient (Wildman–Crippen LogP) is -0.683. The van der Waals surface area contributed by atoms with Crippen molar-refractivity contribution in [2.75, 3.05) is 0 Å². The minimum absolute atomic E-state index is 0.250. The molecule has 4 heteroatoms. The van der Waals surface area contributed by atoms with Crippen molar-refractivity contribution in [1.82, 2.24) is 0 Å². The molecule has 0 aromatic heterocycles. The normalized spacial score (nSPS) is 2.67. The van der Waals surface area contributed by atoms with Crippen molar-refractivity contribution >= 4 is 12.2 Å². The van der Waals surface area contributed by atoms with Crippen molar-refractivity contribution in [2.45, 2.75) is 0 Å². The van der Waals surface area contributed by atoms with Gasteiger partial charge in [0.05, 0.1) is 0 Å². The Labute approximate surface area is 33.3 Å². The molecule has 0 aliphatic rings. The lowest BCUT2D eigenvalue weighted by Crippen LogP contribution is -1.22. The Morgan fingerprint density at radius 1 is 1.17 bits per heavy atom. The van der Waals surface area contributed by atoms with Crippen LogP contribution in [0.1, 0.15) is 0 Å². The molecule has 0 radical (unpaired) electrons. The Bertz CT molecular complexity index is 62.8. The molecule has 0 heterocycles. The maximum absolute atomic E-state index is 8.35. The summed E-state index contributed by atoms with van der Waals surface area (Å²) < 4.78 is 0. The van der Waals surface area contributed by atoms with Crippen molar-refractivity contribution in [3.8, 4) is 0 Å². The number of nitrogens with one attached hydrogen (secondary N) is 1. The second-order valence-corrected chi connectivity index (χ2v) is 0.185. The van der Waals surface area contributed by atoms with Gasteiger partial charge in [0.15, 0.2) is 0 Å². The highest BCUT2D eigenvalue weighted by Crippen LogP contribution is 0.868. The third-order valence-electron chi connectivity index (χ3n) is 0. The fourth-order valence-corrected chi connectivity index (χ4v) is 0. The largest absolute Gasteiger partial charge is 0.373 e. The summed E-state index contributed by atoms with van der Waals surface area (Å²) in [6.45, 7) is 0. The number of carbonyl (C=O) groups excluding carboxylic acids is 3. The van der Waals surface area contributed by atoms with Crippen LogP contribution in [0, 0.1) is 5.41 Å². The Morgan fingerprint density at radius 3 is 1.17 bits per heavy atom. The van der Waals surface area contributed by atoms with Crippen LogP contribution in [0.2, 0.25) is 0 Å². The smallest absolute Gasteiger partial charge is 0.222 e. The van der Waals surface area contributed by atoms with Gasteiger partial charge in [0.1, 0.15) is 0 Å². The summed E-state index contributed by atoms with van der Waals surface area (Å²) in [6, 6.07) is 0. The van der Waals surface area contributed by atoms with Gasteiger partial charge in [0, 0.05) is 0 Å². The van der Waals surface area contributed by atoms with Crippen LogP contribution in [0.15, 0.2) is 0 Å². The molecule has 0 aliphatic carbocycles. The average molecular weight is 87.0 g/mol. The van der Waals surface area contributed by atoms with Crippen LogP contribution in [-0.4, -0.2) is 12.2 Å². The third-order valence-corrected chi connectivity index (χ3v) is 0. The molecule has 0 spiro atoms. The molecule has 0 atom stereocenters. The lowest BCUT2D eigenvalue weighted by molar-refractivity contribution is -0.191. The van der Waals surface area contributed by atoms with Gasteiger partial charge < -0.3 is 0 Å². The summed E-state index contributed by atoms with van der Waals surface area (Å²) in [4.78, 5) is 24.6. The molecule has 6 heavy (non-hydrogen) atoms. The average Bonchev–Trinajstić information content (AvgIpc) is 1.39. The van der Waals surface area contributed by atoms with Gasteiger partial charge in [-0.05, 0) is 0 Å². The van der Waals surface area contributed by atoms with E-state index in [4.69, 9.17) is 19.8 Å². The monoisotopic (exact) mass is 87.0 g/mol. The maximum Gasteiger partial charge on any atom is 0.373 e. The summed E-state index contributed by atoms with van der Waals surface area (Å²) in [5.41, 5.74) is 0. The van der Waals surface area contributed by atoms with Gasteiger partial charge in [0.25, 0.3) is 0 Å². The van der Waals surface area contributed by atoms with Gasteiger partial charge >= 0.3 is 6.15 Å². The predicted molar refractivity (Wildman–Crippen MR) is 13.4 cm³/mol. The lowest BCUT2D eigenvalue weighted by atomic mass is 11.7. The molecular weight excluding hydrogens is 86.0 g/mol. The van der Waals surface area contributed by atoms with E-state index in [-0.39, 0.29) is 6.15 Å². The molecule has 0 aromatic rings. The van der Waals surface area contributed by atoms with Crippen LogP contribution in [0.4, 0.5) is 0 Å². The Hall–Kier alpha value is -1.24. The molecule has 0 aliphatic heterocycles. The minimum atomic E-state index is 0.250. The highest BCUT2D eigenvalue weighted by Gasteiger charge is 1.13. The fraction of sp³-hybridized carbons (Fsp3) is 0. The van der Waals surface area contributed by atoms with E-state index in [2.05, 4.69) is 0 Å². The van der Waals surface area contributed by atoms with Crippen LogP contribution in [-0.2, 0) is 14.4 Å². The summed E-state index contributed by atoms with van der Waals surface area (Å²) in [6.07, 6.45) is 1.00. The second-order valence-electron chi connectivity index (χ2n) is 0.185. The van der Waals surface area contributed by atoms with E-state index in [0.717, 1.165) is 6.08 Å². The molecule has 0 amide bonds. The third kappa shape index (κ3) is 5.56. The van der Waals surface area contributed by atoms with E-state index in [0.29, 0.717) is 0 Å². The molecular formula is C2HNO3. The van der Waals surface area contributed by atoms with Crippen LogP contribution in [0.25, 0.3) is 0 Å². The van der Waals surface area contributed by atoms with E-state index >= 15 is 0 Å². The van der Waals surface area contributed by atoms with E-state index in [1.807, 2.05) is 0 Å². The first-order valence-corrected chi connectivity index (χ1v) is 0.862. The topological polar surface area (TPSA) is 75.1 Å². The van der Waals surface area contributed by atoms with E-state index < -0.39 is 0 Å². The zero-order valence-electron chi connectivity index (χ0n) is 2.72. The van der Waals surface area contributed by atoms with Gasteiger partial charge in [-0.25, -0.2) is 10.2 Å². The van der Waals surface area contributed by atoms with Crippen LogP contribution < -0.4 is 0 Å². The molecule has 0 saturated carbocycles. The fourth-order valence-electron chi connectivity index (χ4n) is 0. The zero-order valence-corrected chi connectivity index (χ0v) is 2.72.